The van der Waals surface area contributed by atoms with Crippen molar-refractivity contribution in [1.82, 2.24) is 10.3 Å². The summed E-state index contributed by atoms with van der Waals surface area (Å²) >= 11 is 12.2. The highest BCUT2D eigenvalue weighted by Gasteiger charge is 2.21. The minimum absolute atomic E-state index is 0.0179. The lowest BCUT2D eigenvalue weighted by molar-refractivity contribution is 0.601. The molecule has 0 unspecified atom stereocenters. The van der Waals surface area contributed by atoms with Crippen molar-refractivity contribution in [2.45, 2.75) is 11.4 Å². The number of hydrogen-bond acceptors (Lipinski definition) is 4. The summed E-state index contributed by atoms with van der Waals surface area (Å²) in [5.41, 5.74) is 0.949. The van der Waals surface area contributed by atoms with E-state index in [0.29, 0.717) is 22.8 Å². The van der Waals surface area contributed by atoms with Crippen LogP contribution in [0.5, 0.6) is 0 Å². The highest BCUT2D eigenvalue weighted by Crippen LogP contribution is 2.31. The molecule has 21 heavy (non-hydrogen) atoms. The van der Waals surface area contributed by atoms with Crippen LogP contribution in [-0.4, -0.2) is 20.4 Å². The van der Waals surface area contributed by atoms with Gasteiger partial charge >= 0.3 is 0 Å². The third-order valence-corrected chi connectivity index (χ3v) is 5.05. The summed E-state index contributed by atoms with van der Waals surface area (Å²) in [5, 5.41) is 3.43. The van der Waals surface area contributed by atoms with Gasteiger partial charge in [-0.15, -0.1) is 0 Å². The molecule has 2 N–H and O–H groups in total. The molecular formula is C13H13Cl2N3O2S. The van der Waals surface area contributed by atoms with E-state index < -0.39 is 10.0 Å². The molecule has 0 atom stereocenters. The average Bonchev–Trinajstić information content (AvgIpc) is 2.43. The van der Waals surface area contributed by atoms with Crippen LogP contribution in [0, 0.1) is 0 Å². The number of hydrogen-bond donors (Lipinski definition) is 2. The van der Waals surface area contributed by atoms with E-state index in [4.69, 9.17) is 23.2 Å². The first-order valence-corrected chi connectivity index (χ1v) is 8.24. The molecule has 8 heteroatoms. The largest absolute Gasteiger partial charge is 0.316 e. The monoisotopic (exact) mass is 345 g/mol. The van der Waals surface area contributed by atoms with Gasteiger partial charge in [0.05, 0.1) is 10.7 Å². The molecule has 2 rings (SSSR count). The van der Waals surface area contributed by atoms with Gasteiger partial charge in [-0.25, -0.2) is 8.42 Å². The van der Waals surface area contributed by atoms with Crippen molar-refractivity contribution in [3.05, 3.63) is 52.3 Å². The predicted molar refractivity (Wildman–Crippen MR) is 84.3 cm³/mol. The van der Waals surface area contributed by atoms with Crippen LogP contribution in [0.4, 0.5) is 5.69 Å². The fraction of sp³-hybridized carbons (Fsp3) is 0.154. The van der Waals surface area contributed by atoms with Crippen LogP contribution < -0.4 is 10.0 Å². The number of benzene rings is 1. The van der Waals surface area contributed by atoms with E-state index in [-0.39, 0.29) is 9.92 Å². The molecule has 1 aromatic carbocycles. The molecule has 0 amide bonds. The molecule has 0 spiro atoms. The SMILES string of the molecule is CNCc1c(Cl)ccc(S(=O)(=O)Nc2ccncc2)c1Cl. The van der Waals surface area contributed by atoms with E-state index in [1.807, 2.05) is 0 Å². The van der Waals surface area contributed by atoms with Gasteiger partial charge in [0.25, 0.3) is 10.0 Å². The Morgan fingerprint density at radius 3 is 2.43 bits per heavy atom. The molecule has 0 saturated carbocycles. The summed E-state index contributed by atoms with van der Waals surface area (Å²) in [6, 6.07) is 6.00. The molecule has 0 aliphatic heterocycles. The van der Waals surface area contributed by atoms with Crippen molar-refractivity contribution in [2.75, 3.05) is 11.8 Å². The Balaban J connectivity index is 2.43. The average molecular weight is 346 g/mol. The summed E-state index contributed by atoms with van der Waals surface area (Å²) in [4.78, 5) is 3.81. The zero-order valence-corrected chi connectivity index (χ0v) is 13.4. The Morgan fingerprint density at radius 1 is 1.14 bits per heavy atom. The van der Waals surface area contributed by atoms with Crippen LogP contribution in [0.2, 0.25) is 10.0 Å². The third-order valence-electron chi connectivity index (χ3n) is 2.73. The van der Waals surface area contributed by atoms with Crippen molar-refractivity contribution in [2.24, 2.45) is 0 Å². The Hall–Kier alpha value is -1.34. The lowest BCUT2D eigenvalue weighted by Crippen LogP contribution is -2.15. The summed E-state index contributed by atoms with van der Waals surface area (Å²) < 4.78 is 27.3. The molecule has 0 aliphatic rings. The summed E-state index contributed by atoms with van der Waals surface area (Å²) in [5.74, 6) is 0. The molecule has 0 fully saturated rings. The predicted octanol–water partition coefficient (Wildman–Crippen LogP) is 2.91. The second-order valence-corrected chi connectivity index (χ2v) is 6.65. The van der Waals surface area contributed by atoms with Crippen LogP contribution in [0.3, 0.4) is 0 Å². The lowest BCUT2D eigenvalue weighted by atomic mass is 10.2. The minimum atomic E-state index is -3.80. The quantitative estimate of drug-likeness (QED) is 0.873. The summed E-state index contributed by atoms with van der Waals surface area (Å²) in [6.07, 6.45) is 2.99. The first-order chi connectivity index (χ1) is 9.95. The van der Waals surface area contributed by atoms with Gasteiger partial charge in [0.2, 0.25) is 0 Å². The van der Waals surface area contributed by atoms with Crippen LogP contribution >= 0.6 is 23.2 Å². The van der Waals surface area contributed by atoms with Crippen molar-refractivity contribution < 1.29 is 8.42 Å². The smallest absolute Gasteiger partial charge is 0.263 e. The minimum Gasteiger partial charge on any atom is -0.316 e. The van der Waals surface area contributed by atoms with Gasteiger partial charge in [0.1, 0.15) is 4.90 Å². The Bertz CT molecular complexity index is 737. The number of nitrogens with one attached hydrogen (secondary N) is 2. The molecular weight excluding hydrogens is 333 g/mol. The number of aromatic nitrogens is 1. The van der Waals surface area contributed by atoms with E-state index in [1.54, 1.807) is 19.2 Å². The van der Waals surface area contributed by atoms with Crippen molar-refractivity contribution in [3.63, 3.8) is 0 Å². The molecule has 0 saturated heterocycles. The molecule has 0 aliphatic carbocycles. The van der Waals surface area contributed by atoms with Crippen molar-refractivity contribution >= 4 is 38.9 Å². The molecule has 112 valence electrons. The topological polar surface area (TPSA) is 71.1 Å². The van der Waals surface area contributed by atoms with Gasteiger partial charge in [-0.3, -0.25) is 9.71 Å². The molecule has 0 bridgehead atoms. The maximum atomic E-state index is 12.4. The maximum absolute atomic E-state index is 12.4. The standard InChI is InChI=1S/C13H13Cl2N3O2S/c1-16-8-10-11(14)2-3-12(13(10)15)21(19,20)18-9-4-6-17-7-5-9/h2-7,16H,8H2,1H3,(H,17,18). The van der Waals surface area contributed by atoms with E-state index in [1.165, 1.54) is 24.5 Å². The first-order valence-electron chi connectivity index (χ1n) is 6.00. The lowest BCUT2D eigenvalue weighted by Gasteiger charge is -2.13. The second kappa shape index (κ2) is 6.62. The van der Waals surface area contributed by atoms with Crippen LogP contribution in [0.25, 0.3) is 0 Å². The summed E-state index contributed by atoms with van der Waals surface area (Å²) in [7, 11) is -2.07. The summed E-state index contributed by atoms with van der Waals surface area (Å²) in [6.45, 7) is 0.371. The number of sulfonamides is 1. The number of nitrogens with zero attached hydrogens (tertiary/aromatic N) is 1. The van der Waals surface area contributed by atoms with Gasteiger partial charge in [0.15, 0.2) is 0 Å². The van der Waals surface area contributed by atoms with E-state index in [9.17, 15) is 8.42 Å². The second-order valence-electron chi connectivity index (χ2n) is 4.21. The van der Waals surface area contributed by atoms with E-state index >= 15 is 0 Å². The van der Waals surface area contributed by atoms with Gasteiger partial charge in [-0.1, -0.05) is 23.2 Å². The highest BCUT2D eigenvalue weighted by atomic mass is 35.5. The third kappa shape index (κ3) is 3.65. The zero-order chi connectivity index (χ0) is 15.5. The Kier molecular flexibility index (Phi) is 5.05. The van der Waals surface area contributed by atoms with Gasteiger partial charge in [-0.05, 0) is 31.3 Å². The number of halogens is 2. The molecule has 2 aromatic rings. The van der Waals surface area contributed by atoms with Crippen LogP contribution in [-0.2, 0) is 16.6 Å². The Morgan fingerprint density at radius 2 is 1.81 bits per heavy atom. The maximum Gasteiger partial charge on any atom is 0.263 e. The number of rotatable bonds is 5. The number of pyridine rings is 1. The number of anilines is 1. The highest BCUT2D eigenvalue weighted by molar-refractivity contribution is 7.92. The van der Waals surface area contributed by atoms with Gasteiger partial charge in [-0.2, -0.15) is 0 Å². The molecule has 1 heterocycles. The van der Waals surface area contributed by atoms with Crippen molar-refractivity contribution in [3.8, 4) is 0 Å². The fourth-order valence-electron chi connectivity index (χ4n) is 1.75. The van der Waals surface area contributed by atoms with Crippen LogP contribution in [0.15, 0.2) is 41.6 Å². The molecule has 1 aromatic heterocycles. The van der Waals surface area contributed by atoms with E-state index in [0.717, 1.165) is 0 Å². The molecule has 5 nitrogen and oxygen atoms in total. The Labute approximate surface area is 133 Å². The van der Waals surface area contributed by atoms with Gasteiger partial charge in [0, 0.05) is 29.5 Å². The first kappa shape index (κ1) is 16.0. The van der Waals surface area contributed by atoms with Crippen LogP contribution in [0.1, 0.15) is 5.56 Å². The van der Waals surface area contributed by atoms with Gasteiger partial charge < -0.3 is 5.32 Å². The van der Waals surface area contributed by atoms with Crippen molar-refractivity contribution in [1.29, 1.82) is 0 Å². The fourth-order valence-corrected chi connectivity index (χ4v) is 3.72. The normalized spacial score (nSPS) is 11.4. The zero-order valence-electron chi connectivity index (χ0n) is 11.1. The van der Waals surface area contributed by atoms with E-state index in [2.05, 4.69) is 15.0 Å². The molecule has 0 radical (unpaired) electrons.